The van der Waals surface area contributed by atoms with Crippen LogP contribution in [-0.2, 0) is 16.0 Å². The van der Waals surface area contributed by atoms with Crippen molar-refractivity contribution in [2.75, 3.05) is 0 Å². The maximum absolute atomic E-state index is 12.4. The van der Waals surface area contributed by atoms with E-state index in [0.717, 1.165) is 16.5 Å². The van der Waals surface area contributed by atoms with Crippen LogP contribution in [0.5, 0.6) is 0 Å². The van der Waals surface area contributed by atoms with Crippen molar-refractivity contribution in [2.24, 2.45) is 0 Å². The van der Waals surface area contributed by atoms with Crippen LogP contribution < -0.4 is 5.32 Å². The molecule has 1 aromatic heterocycles. The van der Waals surface area contributed by atoms with E-state index in [1.807, 2.05) is 26.0 Å². The lowest BCUT2D eigenvalue weighted by molar-refractivity contribution is -0.142. The number of carbonyl (C=O) groups is 2. The van der Waals surface area contributed by atoms with Crippen molar-refractivity contribution in [1.82, 2.24) is 10.5 Å². The molecule has 0 radical (unpaired) electrons. The number of nitrogens with zero attached hydrogens (tertiary/aromatic N) is 1. The number of hydrogen-bond donors (Lipinski definition) is 2. The van der Waals surface area contributed by atoms with Crippen molar-refractivity contribution in [3.05, 3.63) is 64.8 Å². The molecule has 1 heterocycles. The summed E-state index contributed by atoms with van der Waals surface area (Å²) in [6, 6.07) is 11.3. The van der Waals surface area contributed by atoms with Crippen LogP contribution in [0.3, 0.4) is 0 Å². The lowest BCUT2D eigenvalue weighted by atomic mass is 10.0. The Kier molecular flexibility index (Phi) is 4.52. The highest BCUT2D eigenvalue weighted by Crippen LogP contribution is 2.24. The van der Waals surface area contributed by atoms with E-state index in [0.29, 0.717) is 16.8 Å². The molecule has 0 aliphatic carbocycles. The van der Waals surface area contributed by atoms with Gasteiger partial charge in [-0.05, 0) is 36.6 Å². The highest BCUT2D eigenvalue weighted by Gasteiger charge is 2.23. The molecule has 2 aromatic carbocycles. The molecule has 0 saturated heterocycles. The predicted molar refractivity (Wildman–Crippen MR) is 92.1 cm³/mol. The van der Waals surface area contributed by atoms with Crippen LogP contribution in [0.25, 0.3) is 11.0 Å². The van der Waals surface area contributed by atoms with E-state index < -0.39 is 17.9 Å². The van der Waals surface area contributed by atoms with Crippen LogP contribution in [-0.4, -0.2) is 22.1 Å². The van der Waals surface area contributed by atoms with E-state index in [1.165, 1.54) is 0 Å². The van der Waals surface area contributed by atoms with E-state index in [2.05, 4.69) is 10.5 Å². The molecule has 0 saturated carbocycles. The van der Waals surface area contributed by atoms with Crippen LogP contribution in [0.2, 0.25) is 0 Å². The van der Waals surface area contributed by atoms with E-state index in [1.54, 1.807) is 30.3 Å². The van der Waals surface area contributed by atoms with E-state index >= 15 is 0 Å². The number of rotatable bonds is 5. The van der Waals surface area contributed by atoms with Crippen LogP contribution in [0.4, 0.5) is 0 Å². The summed E-state index contributed by atoms with van der Waals surface area (Å²) in [7, 11) is 0. The number of carbonyl (C=O) groups excluding carboxylic acids is 1. The zero-order valence-electron chi connectivity index (χ0n) is 13.9. The van der Waals surface area contributed by atoms with Gasteiger partial charge in [0.25, 0.3) is 0 Å². The fraction of sp³-hybridized carbons (Fsp3) is 0.211. The summed E-state index contributed by atoms with van der Waals surface area (Å²) in [6.07, 6.45) is -0.0481. The molecule has 0 spiro atoms. The molecular weight excluding hydrogens is 320 g/mol. The summed E-state index contributed by atoms with van der Waals surface area (Å²) in [5.41, 5.74) is 3.66. The molecule has 6 nitrogen and oxygen atoms in total. The first-order valence-corrected chi connectivity index (χ1v) is 7.88. The normalized spacial score (nSPS) is 12.1. The summed E-state index contributed by atoms with van der Waals surface area (Å²) in [4.78, 5) is 23.9. The molecule has 25 heavy (non-hydrogen) atoms. The highest BCUT2D eigenvalue weighted by molar-refractivity contribution is 5.90. The number of aliphatic carboxylic acids is 1. The number of hydrogen-bond acceptors (Lipinski definition) is 4. The highest BCUT2D eigenvalue weighted by atomic mass is 16.5. The van der Waals surface area contributed by atoms with Crippen LogP contribution >= 0.6 is 0 Å². The monoisotopic (exact) mass is 338 g/mol. The van der Waals surface area contributed by atoms with E-state index in [4.69, 9.17) is 4.52 Å². The Morgan fingerprint density at radius 1 is 1.20 bits per heavy atom. The molecule has 3 aromatic rings. The molecule has 128 valence electrons. The summed E-state index contributed by atoms with van der Waals surface area (Å²) >= 11 is 0. The third kappa shape index (κ3) is 3.52. The first kappa shape index (κ1) is 16.7. The molecule has 0 bridgehead atoms. The van der Waals surface area contributed by atoms with Crippen molar-refractivity contribution in [3.63, 3.8) is 0 Å². The molecular formula is C19H18N2O4. The second-order valence-corrected chi connectivity index (χ2v) is 6.01. The molecule has 0 unspecified atom stereocenters. The zero-order valence-corrected chi connectivity index (χ0v) is 13.9. The first-order valence-electron chi connectivity index (χ1n) is 7.88. The number of nitrogens with one attached hydrogen (secondary N) is 1. The van der Waals surface area contributed by atoms with E-state index in [-0.39, 0.29) is 6.42 Å². The number of amides is 1. The number of carboxylic acid groups (broad SMARTS) is 1. The molecule has 1 atom stereocenters. The smallest absolute Gasteiger partial charge is 0.330 e. The van der Waals surface area contributed by atoms with Crippen molar-refractivity contribution >= 4 is 22.8 Å². The fourth-order valence-electron chi connectivity index (χ4n) is 2.94. The van der Waals surface area contributed by atoms with Gasteiger partial charge in [-0.15, -0.1) is 0 Å². The van der Waals surface area contributed by atoms with Crippen molar-refractivity contribution < 1.29 is 19.2 Å². The molecule has 0 aliphatic rings. The van der Waals surface area contributed by atoms with Gasteiger partial charge in [0.2, 0.25) is 5.91 Å². The molecule has 3 rings (SSSR count). The average Bonchev–Trinajstić information content (AvgIpc) is 2.96. The van der Waals surface area contributed by atoms with Crippen molar-refractivity contribution in [1.29, 1.82) is 0 Å². The lowest BCUT2D eigenvalue weighted by Gasteiger charge is -2.14. The average molecular weight is 338 g/mol. The van der Waals surface area contributed by atoms with Gasteiger partial charge in [-0.3, -0.25) is 4.79 Å². The van der Waals surface area contributed by atoms with Gasteiger partial charge in [-0.25, -0.2) is 4.79 Å². The number of carboxylic acids is 1. The summed E-state index contributed by atoms with van der Waals surface area (Å²) in [5, 5.41) is 16.7. The number of benzene rings is 2. The zero-order chi connectivity index (χ0) is 18.0. The fourth-order valence-corrected chi connectivity index (χ4v) is 2.94. The number of aromatic nitrogens is 1. The SMILES string of the molecule is Cc1cc(C)c2c(CC(=O)N[C@H](C(=O)O)c3ccccc3)noc2c1. The minimum atomic E-state index is -1.11. The van der Waals surface area contributed by atoms with Crippen molar-refractivity contribution in [2.45, 2.75) is 26.3 Å². The summed E-state index contributed by atoms with van der Waals surface area (Å²) in [5.74, 6) is -1.54. The molecule has 6 heteroatoms. The third-order valence-electron chi connectivity index (χ3n) is 4.00. The number of aryl methyl sites for hydroxylation is 2. The molecule has 2 N–H and O–H groups in total. The Hall–Kier alpha value is -3.15. The number of fused-ring (bicyclic) bond motifs is 1. The minimum Gasteiger partial charge on any atom is -0.479 e. The van der Waals surface area contributed by atoms with E-state index in [9.17, 15) is 14.7 Å². The standard InChI is InChI=1S/C19H18N2O4/c1-11-8-12(2)17-14(21-25-15(17)9-11)10-16(22)20-18(19(23)24)13-6-4-3-5-7-13/h3-9,18H,10H2,1-2H3,(H,20,22)(H,23,24)/t18-/m0/s1. The van der Waals surface area contributed by atoms with Crippen LogP contribution in [0, 0.1) is 13.8 Å². The largest absolute Gasteiger partial charge is 0.479 e. The first-order chi connectivity index (χ1) is 12.0. The van der Waals surface area contributed by atoms with Gasteiger partial charge >= 0.3 is 5.97 Å². The Morgan fingerprint density at radius 3 is 2.60 bits per heavy atom. The Morgan fingerprint density at radius 2 is 1.92 bits per heavy atom. The Bertz CT molecular complexity index is 931. The topological polar surface area (TPSA) is 92.4 Å². The second kappa shape index (κ2) is 6.76. The molecule has 0 fully saturated rings. The van der Waals surface area contributed by atoms with Gasteiger partial charge in [-0.2, -0.15) is 0 Å². The van der Waals surface area contributed by atoms with Gasteiger partial charge in [0.1, 0.15) is 5.69 Å². The molecule has 0 aliphatic heterocycles. The second-order valence-electron chi connectivity index (χ2n) is 6.01. The van der Waals surface area contributed by atoms with Gasteiger partial charge in [0.05, 0.1) is 6.42 Å². The third-order valence-corrected chi connectivity index (χ3v) is 4.00. The van der Waals surface area contributed by atoms with Crippen molar-refractivity contribution in [3.8, 4) is 0 Å². The maximum atomic E-state index is 12.4. The predicted octanol–water partition coefficient (Wildman–Crippen LogP) is 2.93. The van der Waals surface area contributed by atoms with Gasteiger partial charge in [0, 0.05) is 5.39 Å². The summed E-state index contributed by atoms with van der Waals surface area (Å²) < 4.78 is 5.30. The van der Waals surface area contributed by atoms with Gasteiger partial charge in [0.15, 0.2) is 11.6 Å². The Balaban J connectivity index is 1.82. The lowest BCUT2D eigenvalue weighted by Crippen LogP contribution is -2.34. The van der Waals surface area contributed by atoms with Crippen LogP contribution in [0.15, 0.2) is 47.0 Å². The minimum absolute atomic E-state index is 0.0481. The Labute approximate surface area is 144 Å². The summed E-state index contributed by atoms with van der Waals surface area (Å²) in [6.45, 7) is 3.89. The quantitative estimate of drug-likeness (QED) is 0.746. The maximum Gasteiger partial charge on any atom is 0.330 e. The molecule has 1 amide bonds. The van der Waals surface area contributed by atoms with Gasteiger partial charge in [-0.1, -0.05) is 41.6 Å². The van der Waals surface area contributed by atoms with Gasteiger partial charge < -0.3 is 14.9 Å². The van der Waals surface area contributed by atoms with Crippen LogP contribution in [0.1, 0.15) is 28.4 Å².